The summed E-state index contributed by atoms with van der Waals surface area (Å²) in [6.07, 6.45) is 0.505. The van der Waals surface area contributed by atoms with Gasteiger partial charge in [-0.15, -0.1) is 0 Å². The number of aromatic nitrogens is 2. The molecule has 19 heavy (non-hydrogen) atoms. The number of amides is 1. The molecule has 2 aromatic rings. The molecule has 0 radical (unpaired) electrons. The van der Waals surface area contributed by atoms with Gasteiger partial charge in [0.1, 0.15) is 11.5 Å². The highest BCUT2D eigenvalue weighted by Crippen LogP contribution is 2.17. The van der Waals surface area contributed by atoms with Crippen molar-refractivity contribution in [2.24, 2.45) is 0 Å². The normalized spacial score (nSPS) is 10.4. The Morgan fingerprint density at radius 1 is 1.37 bits per heavy atom. The number of halogens is 1. The number of aromatic amines is 1. The van der Waals surface area contributed by atoms with Crippen LogP contribution in [-0.2, 0) is 0 Å². The van der Waals surface area contributed by atoms with Gasteiger partial charge in [-0.05, 0) is 36.8 Å². The molecule has 0 atom stereocenters. The SMILES string of the molecule is O=C(NCCCO)c1cc(-c2ccc(F)cc2)n[nH]1. The fourth-order valence-electron chi connectivity index (χ4n) is 1.58. The smallest absolute Gasteiger partial charge is 0.269 e. The summed E-state index contributed by atoms with van der Waals surface area (Å²) >= 11 is 0. The number of hydrogen-bond acceptors (Lipinski definition) is 3. The van der Waals surface area contributed by atoms with Gasteiger partial charge in [-0.25, -0.2) is 4.39 Å². The second-order valence-corrected chi connectivity index (χ2v) is 4.01. The summed E-state index contributed by atoms with van der Waals surface area (Å²) in [6, 6.07) is 7.47. The molecule has 1 aromatic heterocycles. The van der Waals surface area contributed by atoms with Crippen LogP contribution < -0.4 is 5.32 Å². The van der Waals surface area contributed by atoms with E-state index in [4.69, 9.17) is 5.11 Å². The van der Waals surface area contributed by atoms with Crippen molar-refractivity contribution in [1.82, 2.24) is 15.5 Å². The second kappa shape index (κ2) is 6.10. The Morgan fingerprint density at radius 3 is 2.79 bits per heavy atom. The summed E-state index contributed by atoms with van der Waals surface area (Å²) in [7, 11) is 0. The molecule has 0 saturated carbocycles. The Labute approximate surface area is 109 Å². The lowest BCUT2D eigenvalue weighted by Gasteiger charge is -2.00. The zero-order valence-corrected chi connectivity index (χ0v) is 10.2. The molecule has 0 unspecified atom stereocenters. The molecule has 0 aliphatic carbocycles. The Kier molecular flexibility index (Phi) is 4.25. The predicted octanol–water partition coefficient (Wildman–Crippen LogP) is 1.33. The quantitative estimate of drug-likeness (QED) is 0.712. The van der Waals surface area contributed by atoms with Crippen molar-refractivity contribution in [3.8, 4) is 11.3 Å². The highest BCUT2D eigenvalue weighted by atomic mass is 19.1. The van der Waals surface area contributed by atoms with Gasteiger partial charge in [0, 0.05) is 18.7 Å². The van der Waals surface area contributed by atoms with Crippen LogP contribution in [0.1, 0.15) is 16.9 Å². The number of benzene rings is 1. The van der Waals surface area contributed by atoms with Crippen LogP contribution in [0, 0.1) is 5.82 Å². The minimum absolute atomic E-state index is 0.0318. The van der Waals surface area contributed by atoms with Gasteiger partial charge in [0.2, 0.25) is 0 Å². The van der Waals surface area contributed by atoms with Gasteiger partial charge in [0.25, 0.3) is 5.91 Å². The van der Waals surface area contributed by atoms with Crippen molar-refractivity contribution < 1.29 is 14.3 Å². The summed E-state index contributed by atoms with van der Waals surface area (Å²) in [4.78, 5) is 11.7. The van der Waals surface area contributed by atoms with Crippen molar-refractivity contribution in [2.75, 3.05) is 13.2 Å². The summed E-state index contributed by atoms with van der Waals surface area (Å²) in [5.74, 6) is -0.601. The number of carbonyl (C=O) groups is 1. The van der Waals surface area contributed by atoms with Crippen LogP contribution in [0.15, 0.2) is 30.3 Å². The monoisotopic (exact) mass is 263 g/mol. The molecule has 1 heterocycles. The largest absolute Gasteiger partial charge is 0.396 e. The van der Waals surface area contributed by atoms with Crippen LogP contribution in [0.5, 0.6) is 0 Å². The fourth-order valence-corrected chi connectivity index (χ4v) is 1.58. The van der Waals surface area contributed by atoms with Gasteiger partial charge < -0.3 is 10.4 Å². The summed E-state index contributed by atoms with van der Waals surface area (Å²) in [6.45, 7) is 0.435. The van der Waals surface area contributed by atoms with Gasteiger partial charge in [-0.3, -0.25) is 9.89 Å². The lowest BCUT2D eigenvalue weighted by Crippen LogP contribution is -2.25. The average molecular weight is 263 g/mol. The average Bonchev–Trinajstić information content (AvgIpc) is 2.89. The first kappa shape index (κ1) is 13.2. The molecule has 6 heteroatoms. The number of nitrogens with zero attached hydrogens (tertiary/aromatic N) is 1. The van der Waals surface area contributed by atoms with Crippen LogP contribution in [0.2, 0.25) is 0 Å². The van der Waals surface area contributed by atoms with Gasteiger partial charge in [0.05, 0.1) is 5.69 Å². The topological polar surface area (TPSA) is 78.0 Å². The molecule has 0 spiro atoms. The second-order valence-electron chi connectivity index (χ2n) is 4.01. The van der Waals surface area contributed by atoms with Crippen molar-refractivity contribution in [2.45, 2.75) is 6.42 Å². The third-order valence-electron chi connectivity index (χ3n) is 2.58. The van der Waals surface area contributed by atoms with E-state index in [1.165, 1.54) is 12.1 Å². The first-order valence-corrected chi connectivity index (χ1v) is 5.91. The molecular weight excluding hydrogens is 249 g/mol. The number of rotatable bonds is 5. The van der Waals surface area contributed by atoms with E-state index in [9.17, 15) is 9.18 Å². The summed E-state index contributed by atoms with van der Waals surface area (Å²) in [5.41, 5.74) is 1.64. The van der Waals surface area contributed by atoms with E-state index in [-0.39, 0.29) is 18.3 Å². The van der Waals surface area contributed by atoms with Gasteiger partial charge >= 0.3 is 0 Å². The lowest BCUT2D eigenvalue weighted by molar-refractivity contribution is 0.0946. The predicted molar refractivity (Wildman–Crippen MR) is 68.0 cm³/mol. The third kappa shape index (κ3) is 3.38. The maximum Gasteiger partial charge on any atom is 0.269 e. The van der Waals surface area contributed by atoms with Gasteiger partial charge in [-0.1, -0.05) is 0 Å². The first-order valence-electron chi connectivity index (χ1n) is 5.91. The summed E-state index contributed by atoms with van der Waals surface area (Å²) < 4.78 is 12.8. The van der Waals surface area contributed by atoms with E-state index in [1.54, 1.807) is 18.2 Å². The van der Waals surface area contributed by atoms with Crippen molar-refractivity contribution in [1.29, 1.82) is 0 Å². The highest BCUT2D eigenvalue weighted by Gasteiger charge is 2.10. The molecule has 0 aliphatic rings. The fraction of sp³-hybridized carbons (Fsp3) is 0.231. The Balaban J connectivity index is 2.06. The molecule has 1 amide bonds. The van der Waals surface area contributed by atoms with Gasteiger partial charge in [-0.2, -0.15) is 5.10 Å². The maximum atomic E-state index is 12.8. The van der Waals surface area contributed by atoms with E-state index in [0.717, 1.165) is 5.56 Å². The molecule has 0 bridgehead atoms. The van der Waals surface area contributed by atoms with Gasteiger partial charge in [0.15, 0.2) is 0 Å². The van der Waals surface area contributed by atoms with Crippen molar-refractivity contribution in [3.05, 3.63) is 41.8 Å². The number of hydrogen-bond donors (Lipinski definition) is 3. The molecule has 0 aliphatic heterocycles. The molecule has 5 nitrogen and oxygen atoms in total. The van der Waals surface area contributed by atoms with E-state index < -0.39 is 0 Å². The lowest BCUT2D eigenvalue weighted by atomic mass is 10.1. The Bertz CT molecular complexity index is 551. The van der Waals surface area contributed by atoms with Crippen molar-refractivity contribution in [3.63, 3.8) is 0 Å². The third-order valence-corrected chi connectivity index (χ3v) is 2.58. The molecule has 2 rings (SSSR count). The van der Waals surface area contributed by atoms with E-state index in [1.807, 2.05) is 0 Å². The zero-order chi connectivity index (χ0) is 13.7. The Morgan fingerprint density at radius 2 is 2.11 bits per heavy atom. The van der Waals surface area contributed by atoms with Crippen LogP contribution in [0.25, 0.3) is 11.3 Å². The van der Waals surface area contributed by atoms with Crippen LogP contribution in [0.3, 0.4) is 0 Å². The molecule has 0 saturated heterocycles. The number of H-pyrrole nitrogens is 1. The van der Waals surface area contributed by atoms with Crippen LogP contribution in [-0.4, -0.2) is 34.4 Å². The minimum atomic E-state index is -0.318. The minimum Gasteiger partial charge on any atom is -0.396 e. The molecule has 0 fully saturated rings. The van der Waals surface area contributed by atoms with E-state index >= 15 is 0 Å². The maximum absolute atomic E-state index is 12.8. The number of aliphatic hydroxyl groups is 1. The van der Waals surface area contributed by atoms with Crippen LogP contribution >= 0.6 is 0 Å². The standard InChI is InChI=1S/C13H14FN3O2/c14-10-4-2-9(3-5-10)11-8-12(17-16-11)13(19)15-6-1-7-18/h2-5,8,18H,1,6-7H2,(H,15,19)(H,16,17). The number of aliphatic hydroxyl groups excluding tert-OH is 1. The highest BCUT2D eigenvalue weighted by molar-refractivity contribution is 5.93. The number of nitrogens with one attached hydrogen (secondary N) is 2. The van der Waals surface area contributed by atoms with E-state index in [0.29, 0.717) is 24.4 Å². The zero-order valence-electron chi connectivity index (χ0n) is 10.2. The Hall–Kier alpha value is -2.21. The molecule has 1 aromatic carbocycles. The molecular formula is C13H14FN3O2. The van der Waals surface area contributed by atoms with Crippen LogP contribution in [0.4, 0.5) is 4.39 Å². The summed E-state index contributed by atoms with van der Waals surface area (Å²) in [5, 5.41) is 17.9. The first-order chi connectivity index (χ1) is 9.20. The molecule has 100 valence electrons. The van der Waals surface area contributed by atoms with Crippen molar-refractivity contribution >= 4 is 5.91 Å². The number of carbonyl (C=O) groups excluding carboxylic acids is 1. The molecule has 3 N–H and O–H groups in total. The van der Waals surface area contributed by atoms with E-state index in [2.05, 4.69) is 15.5 Å².